The Labute approximate surface area is 157 Å². The van der Waals surface area contributed by atoms with Crippen LogP contribution in [-0.2, 0) is 11.2 Å². The van der Waals surface area contributed by atoms with Gasteiger partial charge in [0.1, 0.15) is 18.2 Å². The molecule has 0 aromatic heterocycles. The fraction of sp³-hybridized carbons (Fsp3) is 0.300. The third kappa shape index (κ3) is 8.22. The van der Waals surface area contributed by atoms with Crippen molar-refractivity contribution in [2.24, 2.45) is 0 Å². The number of nitrogens with one attached hydrogen (secondary N) is 2. The molecule has 27 heavy (non-hydrogen) atoms. The van der Waals surface area contributed by atoms with Gasteiger partial charge < -0.3 is 20.5 Å². The van der Waals surface area contributed by atoms with Crippen molar-refractivity contribution in [2.75, 3.05) is 13.2 Å². The molecule has 0 aliphatic heterocycles. The van der Waals surface area contributed by atoms with Crippen LogP contribution in [0.3, 0.4) is 0 Å². The van der Waals surface area contributed by atoms with Crippen LogP contribution in [-0.4, -0.2) is 36.3 Å². The van der Waals surface area contributed by atoms with E-state index in [-0.39, 0.29) is 31.4 Å². The largest absolute Gasteiger partial charge is 0.492 e. The van der Waals surface area contributed by atoms with Gasteiger partial charge in [-0.05, 0) is 30.5 Å². The van der Waals surface area contributed by atoms with Crippen molar-refractivity contribution in [2.45, 2.75) is 25.3 Å². The Morgan fingerprint density at radius 3 is 2.59 bits per heavy atom. The monoisotopic (exact) mass is 374 g/mol. The standard InChI is InChI=1S/C20H23FN2O4/c21-16-7-4-8-18(14-16)27-12-11-22-20(26)23-17(9-10-19(24)25)13-15-5-2-1-3-6-15/h1-8,14,17H,9-13H2,(H,24,25)(H2,22,23,26). The molecule has 0 radical (unpaired) electrons. The molecule has 0 spiro atoms. The predicted octanol–water partition coefficient (Wildman–Crippen LogP) is 2.98. The Morgan fingerprint density at radius 2 is 1.89 bits per heavy atom. The first-order chi connectivity index (χ1) is 13.0. The zero-order valence-electron chi connectivity index (χ0n) is 14.9. The molecule has 0 saturated carbocycles. The Hall–Kier alpha value is -3.09. The van der Waals surface area contributed by atoms with Gasteiger partial charge in [0, 0.05) is 18.5 Å². The molecule has 0 bridgehead atoms. The van der Waals surface area contributed by atoms with Crippen molar-refractivity contribution < 1.29 is 23.8 Å². The maximum atomic E-state index is 13.1. The van der Waals surface area contributed by atoms with Crippen molar-refractivity contribution in [3.8, 4) is 5.75 Å². The number of urea groups is 1. The Bertz CT molecular complexity index is 740. The molecule has 0 aliphatic rings. The van der Waals surface area contributed by atoms with Crippen LogP contribution in [0.5, 0.6) is 5.75 Å². The molecule has 2 aromatic rings. The minimum Gasteiger partial charge on any atom is -0.492 e. The summed E-state index contributed by atoms with van der Waals surface area (Å²) in [7, 11) is 0. The Kier molecular flexibility index (Phi) is 8.09. The fourth-order valence-corrected chi connectivity index (χ4v) is 2.55. The van der Waals surface area contributed by atoms with Gasteiger partial charge in [0.05, 0.1) is 6.54 Å². The molecule has 144 valence electrons. The van der Waals surface area contributed by atoms with Crippen LogP contribution in [0.25, 0.3) is 0 Å². The molecule has 3 N–H and O–H groups in total. The summed E-state index contributed by atoms with van der Waals surface area (Å²) in [6.45, 7) is 0.425. The topological polar surface area (TPSA) is 87.7 Å². The van der Waals surface area contributed by atoms with Crippen LogP contribution in [0.2, 0.25) is 0 Å². The number of carbonyl (C=O) groups excluding carboxylic acids is 1. The van der Waals surface area contributed by atoms with E-state index < -0.39 is 12.0 Å². The highest BCUT2D eigenvalue weighted by Gasteiger charge is 2.14. The van der Waals surface area contributed by atoms with Crippen molar-refractivity contribution in [1.82, 2.24) is 10.6 Å². The summed E-state index contributed by atoms with van der Waals surface area (Å²) in [4.78, 5) is 22.9. The first-order valence-electron chi connectivity index (χ1n) is 8.71. The van der Waals surface area contributed by atoms with Gasteiger partial charge in [-0.2, -0.15) is 0 Å². The zero-order chi connectivity index (χ0) is 19.5. The highest BCUT2D eigenvalue weighted by Crippen LogP contribution is 2.11. The molecule has 1 unspecified atom stereocenters. The highest BCUT2D eigenvalue weighted by atomic mass is 19.1. The van der Waals surface area contributed by atoms with Crippen molar-refractivity contribution >= 4 is 12.0 Å². The van der Waals surface area contributed by atoms with E-state index >= 15 is 0 Å². The molecular weight excluding hydrogens is 351 g/mol. The summed E-state index contributed by atoms with van der Waals surface area (Å²) < 4.78 is 18.4. The van der Waals surface area contributed by atoms with E-state index in [1.165, 1.54) is 12.1 Å². The lowest BCUT2D eigenvalue weighted by molar-refractivity contribution is -0.137. The van der Waals surface area contributed by atoms with E-state index in [0.717, 1.165) is 5.56 Å². The van der Waals surface area contributed by atoms with Gasteiger partial charge >= 0.3 is 12.0 Å². The maximum Gasteiger partial charge on any atom is 0.315 e. The van der Waals surface area contributed by atoms with Crippen LogP contribution < -0.4 is 15.4 Å². The average molecular weight is 374 g/mol. The Balaban J connectivity index is 1.77. The molecule has 0 heterocycles. The van der Waals surface area contributed by atoms with Gasteiger partial charge in [-0.1, -0.05) is 36.4 Å². The lowest BCUT2D eigenvalue weighted by atomic mass is 10.0. The number of carboxylic acids is 1. The van der Waals surface area contributed by atoms with Crippen LogP contribution in [0.4, 0.5) is 9.18 Å². The summed E-state index contributed by atoms with van der Waals surface area (Å²) in [5, 5.41) is 14.3. The first-order valence-corrected chi connectivity index (χ1v) is 8.71. The molecule has 1 atom stereocenters. The van der Waals surface area contributed by atoms with E-state index in [4.69, 9.17) is 9.84 Å². The third-order valence-corrected chi connectivity index (χ3v) is 3.82. The predicted molar refractivity (Wildman–Crippen MR) is 99.2 cm³/mol. The number of aliphatic carboxylic acids is 1. The average Bonchev–Trinajstić information content (AvgIpc) is 2.64. The van der Waals surface area contributed by atoms with E-state index in [1.54, 1.807) is 12.1 Å². The molecule has 7 heteroatoms. The maximum absolute atomic E-state index is 13.1. The summed E-state index contributed by atoms with van der Waals surface area (Å²) in [5.74, 6) is -0.903. The van der Waals surface area contributed by atoms with Crippen molar-refractivity contribution in [3.63, 3.8) is 0 Å². The quantitative estimate of drug-likeness (QED) is 0.558. The van der Waals surface area contributed by atoms with Crippen LogP contribution in [0.1, 0.15) is 18.4 Å². The summed E-state index contributed by atoms with van der Waals surface area (Å²) in [6, 6.07) is 14.6. The van der Waals surface area contributed by atoms with E-state index in [9.17, 15) is 14.0 Å². The normalized spacial score (nSPS) is 11.4. The second kappa shape index (κ2) is 10.8. The van der Waals surface area contributed by atoms with E-state index in [2.05, 4.69) is 10.6 Å². The minimum atomic E-state index is -0.904. The molecule has 0 saturated heterocycles. The summed E-state index contributed by atoms with van der Waals surface area (Å²) in [5.41, 5.74) is 1.02. The minimum absolute atomic E-state index is 0.0273. The second-order valence-electron chi connectivity index (χ2n) is 6.03. The van der Waals surface area contributed by atoms with E-state index in [1.807, 2.05) is 30.3 Å². The SMILES string of the molecule is O=C(O)CCC(Cc1ccccc1)NC(=O)NCCOc1cccc(F)c1. The van der Waals surface area contributed by atoms with Crippen molar-refractivity contribution in [3.05, 3.63) is 66.0 Å². The lowest BCUT2D eigenvalue weighted by Gasteiger charge is -2.19. The van der Waals surface area contributed by atoms with Crippen LogP contribution in [0, 0.1) is 5.82 Å². The molecule has 2 rings (SSSR count). The number of benzene rings is 2. The Morgan fingerprint density at radius 1 is 1.11 bits per heavy atom. The number of carboxylic acid groups (broad SMARTS) is 1. The molecule has 0 aliphatic carbocycles. The zero-order valence-corrected chi connectivity index (χ0v) is 14.9. The molecule has 2 amide bonds. The molecule has 2 aromatic carbocycles. The number of rotatable bonds is 10. The fourth-order valence-electron chi connectivity index (χ4n) is 2.55. The molecular formula is C20H23FN2O4. The summed E-state index contributed by atoms with van der Waals surface area (Å²) in [6.07, 6.45) is 0.846. The van der Waals surface area contributed by atoms with Gasteiger partial charge in [-0.3, -0.25) is 4.79 Å². The number of ether oxygens (including phenoxy) is 1. The van der Waals surface area contributed by atoms with Gasteiger partial charge in [0.15, 0.2) is 0 Å². The number of hydrogen-bond acceptors (Lipinski definition) is 3. The van der Waals surface area contributed by atoms with Gasteiger partial charge in [-0.25, -0.2) is 9.18 Å². The molecule has 0 fully saturated rings. The van der Waals surface area contributed by atoms with E-state index in [0.29, 0.717) is 18.6 Å². The lowest BCUT2D eigenvalue weighted by Crippen LogP contribution is -2.44. The second-order valence-corrected chi connectivity index (χ2v) is 6.03. The smallest absolute Gasteiger partial charge is 0.315 e. The number of hydrogen-bond donors (Lipinski definition) is 3. The van der Waals surface area contributed by atoms with Gasteiger partial charge in [0.2, 0.25) is 0 Å². The van der Waals surface area contributed by atoms with Crippen LogP contribution >= 0.6 is 0 Å². The third-order valence-electron chi connectivity index (χ3n) is 3.82. The summed E-state index contributed by atoms with van der Waals surface area (Å²) >= 11 is 0. The molecule has 6 nitrogen and oxygen atoms in total. The first kappa shape index (κ1) is 20.2. The highest BCUT2D eigenvalue weighted by molar-refractivity contribution is 5.74. The van der Waals surface area contributed by atoms with Crippen LogP contribution in [0.15, 0.2) is 54.6 Å². The van der Waals surface area contributed by atoms with Crippen molar-refractivity contribution in [1.29, 1.82) is 0 Å². The number of amides is 2. The number of carbonyl (C=O) groups is 2. The van der Waals surface area contributed by atoms with Gasteiger partial charge in [0.25, 0.3) is 0 Å². The number of halogens is 1. The van der Waals surface area contributed by atoms with Gasteiger partial charge in [-0.15, -0.1) is 0 Å².